The first-order valence-electron chi connectivity index (χ1n) is 6.62. The molecular formula is C15H27NSSi. The lowest BCUT2D eigenvalue weighted by molar-refractivity contribution is 0.376. The topological polar surface area (TPSA) is 26.0 Å². The molecule has 1 nitrogen and oxygen atoms in total. The van der Waals surface area contributed by atoms with Gasteiger partial charge in [-0.25, -0.2) is 0 Å². The maximum atomic E-state index is 5.79. The highest BCUT2D eigenvalue weighted by molar-refractivity contribution is 7.27. The van der Waals surface area contributed by atoms with Crippen molar-refractivity contribution in [1.82, 2.24) is 0 Å². The second-order valence-electron chi connectivity index (χ2n) is 6.99. The van der Waals surface area contributed by atoms with Crippen molar-refractivity contribution in [1.29, 1.82) is 0 Å². The molecule has 2 N–H and O–H groups in total. The van der Waals surface area contributed by atoms with Gasteiger partial charge in [0.2, 0.25) is 0 Å². The van der Waals surface area contributed by atoms with E-state index in [1.165, 1.54) is 10.5 Å². The summed E-state index contributed by atoms with van der Waals surface area (Å²) in [5.74, 6) is 0. The Labute approximate surface area is 117 Å². The summed E-state index contributed by atoms with van der Waals surface area (Å²) in [7, 11) is -1.15. The molecule has 0 amide bonds. The van der Waals surface area contributed by atoms with Crippen LogP contribution in [-0.2, 0) is 0 Å². The van der Waals surface area contributed by atoms with Crippen molar-refractivity contribution in [3.8, 4) is 0 Å². The van der Waals surface area contributed by atoms with E-state index < -0.39 is 8.07 Å². The van der Waals surface area contributed by atoms with E-state index in [9.17, 15) is 0 Å². The molecule has 0 saturated carbocycles. The Hall–Kier alpha value is -0.383. The molecule has 0 aliphatic heterocycles. The smallest absolute Gasteiger partial charge is 0.0904 e. The summed E-state index contributed by atoms with van der Waals surface area (Å²) in [6.45, 7) is 14.6. The Kier molecular flexibility index (Phi) is 4.98. The fourth-order valence-corrected chi connectivity index (χ4v) is 4.90. The van der Waals surface area contributed by atoms with Crippen LogP contribution in [0, 0.1) is 5.41 Å². The Bertz CT molecular complexity index is 424. The number of nitrogens with two attached hydrogens (primary N) is 1. The summed E-state index contributed by atoms with van der Waals surface area (Å²) in [5.41, 5.74) is 7.42. The molecule has 0 aliphatic carbocycles. The molecule has 3 heteroatoms. The highest BCUT2D eigenvalue weighted by atomic mass is 32.1. The van der Waals surface area contributed by atoms with E-state index in [1.807, 2.05) is 11.3 Å². The normalized spacial score (nSPS) is 14.1. The predicted molar refractivity (Wildman–Crippen MR) is 88.4 cm³/mol. The van der Waals surface area contributed by atoms with Crippen LogP contribution in [0.15, 0.2) is 17.7 Å². The van der Waals surface area contributed by atoms with Gasteiger partial charge >= 0.3 is 0 Å². The standard InChI is InChI=1S/C15H27NSSi/c1-12(10-15(2,3)11-16)9-13-7-8-14(17-13)18(4,5)6/h7-9H,10-11,16H2,1-6H3/b12-9+. The van der Waals surface area contributed by atoms with Gasteiger partial charge in [-0.2, -0.15) is 0 Å². The molecule has 0 radical (unpaired) electrons. The van der Waals surface area contributed by atoms with Crippen LogP contribution in [0.2, 0.25) is 19.6 Å². The van der Waals surface area contributed by atoms with E-state index in [2.05, 4.69) is 58.6 Å². The molecule has 18 heavy (non-hydrogen) atoms. The number of allylic oxidation sites excluding steroid dienone is 1. The molecule has 102 valence electrons. The van der Waals surface area contributed by atoms with E-state index >= 15 is 0 Å². The van der Waals surface area contributed by atoms with Gasteiger partial charge in [-0.3, -0.25) is 0 Å². The van der Waals surface area contributed by atoms with Crippen molar-refractivity contribution < 1.29 is 0 Å². The van der Waals surface area contributed by atoms with E-state index in [0.717, 1.165) is 13.0 Å². The van der Waals surface area contributed by atoms with Crippen molar-refractivity contribution in [3.05, 3.63) is 22.6 Å². The Morgan fingerprint density at radius 3 is 2.39 bits per heavy atom. The first kappa shape index (κ1) is 15.7. The van der Waals surface area contributed by atoms with Gasteiger partial charge in [0.1, 0.15) is 0 Å². The minimum absolute atomic E-state index is 0.208. The lowest BCUT2D eigenvalue weighted by Crippen LogP contribution is -2.34. The van der Waals surface area contributed by atoms with E-state index in [0.29, 0.717) is 0 Å². The third-order valence-electron chi connectivity index (χ3n) is 3.06. The zero-order valence-corrected chi connectivity index (χ0v) is 14.4. The van der Waals surface area contributed by atoms with Crippen molar-refractivity contribution >= 4 is 30.0 Å². The van der Waals surface area contributed by atoms with Crippen LogP contribution in [-0.4, -0.2) is 14.6 Å². The molecular weight excluding hydrogens is 254 g/mol. The van der Waals surface area contributed by atoms with Gasteiger partial charge in [0.25, 0.3) is 0 Å². The van der Waals surface area contributed by atoms with Crippen LogP contribution in [0.4, 0.5) is 0 Å². The Morgan fingerprint density at radius 1 is 1.33 bits per heavy atom. The molecule has 1 rings (SSSR count). The van der Waals surface area contributed by atoms with Crippen LogP contribution in [0.25, 0.3) is 6.08 Å². The maximum absolute atomic E-state index is 5.79. The van der Waals surface area contributed by atoms with Crippen molar-refractivity contribution in [2.24, 2.45) is 11.1 Å². The minimum atomic E-state index is -1.15. The SMILES string of the molecule is C/C(=C\c1ccc([Si](C)(C)C)s1)CC(C)(C)CN. The molecule has 0 unspecified atom stereocenters. The molecule has 1 aromatic heterocycles. The fourth-order valence-electron chi connectivity index (χ4n) is 1.95. The summed E-state index contributed by atoms with van der Waals surface area (Å²) in [6.07, 6.45) is 3.40. The lowest BCUT2D eigenvalue weighted by atomic mass is 9.86. The third-order valence-corrected chi connectivity index (χ3v) is 7.70. The van der Waals surface area contributed by atoms with E-state index in [-0.39, 0.29) is 5.41 Å². The van der Waals surface area contributed by atoms with Crippen molar-refractivity contribution in [3.63, 3.8) is 0 Å². The highest BCUT2D eigenvalue weighted by Crippen LogP contribution is 2.25. The van der Waals surface area contributed by atoms with Crippen LogP contribution in [0.1, 0.15) is 32.1 Å². The summed E-state index contributed by atoms with van der Waals surface area (Å²) in [6, 6.07) is 4.57. The van der Waals surface area contributed by atoms with E-state index in [4.69, 9.17) is 5.73 Å². The van der Waals surface area contributed by atoms with Gasteiger partial charge in [0.05, 0.1) is 8.07 Å². The lowest BCUT2D eigenvalue weighted by Gasteiger charge is -2.22. The molecule has 0 aliphatic rings. The van der Waals surface area contributed by atoms with Crippen LogP contribution >= 0.6 is 11.3 Å². The summed E-state index contributed by atoms with van der Waals surface area (Å²) in [4.78, 5) is 1.39. The highest BCUT2D eigenvalue weighted by Gasteiger charge is 2.19. The summed E-state index contributed by atoms with van der Waals surface area (Å²) < 4.78 is 1.58. The van der Waals surface area contributed by atoms with Gasteiger partial charge < -0.3 is 5.73 Å². The molecule has 0 fully saturated rings. The maximum Gasteiger partial charge on any atom is 0.0904 e. The molecule has 0 aromatic carbocycles. The average Bonchev–Trinajstić information content (AvgIpc) is 2.64. The quantitative estimate of drug-likeness (QED) is 0.809. The first-order chi connectivity index (χ1) is 8.14. The van der Waals surface area contributed by atoms with Gasteiger partial charge in [-0.1, -0.05) is 45.1 Å². The molecule has 1 aromatic rings. The van der Waals surface area contributed by atoms with Crippen molar-refractivity contribution in [2.75, 3.05) is 6.54 Å². The Morgan fingerprint density at radius 2 is 1.94 bits per heavy atom. The second-order valence-corrected chi connectivity index (χ2v) is 13.5. The number of hydrogen-bond acceptors (Lipinski definition) is 2. The fraction of sp³-hybridized carbons (Fsp3) is 0.600. The Balaban J connectivity index is 2.81. The largest absolute Gasteiger partial charge is 0.330 e. The monoisotopic (exact) mass is 281 g/mol. The van der Waals surface area contributed by atoms with Crippen LogP contribution < -0.4 is 10.2 Å². The minimum Gasteiger partial charge on any atom is -0.330 e. The summed E-state index contributed by atoms with van der Waals surface area (Å²) in [5, 5.41) is 0. The van der Waals surface area contributed by atoms with Gasteiger partial charge in [-0.15, -0.1) is 11.3 Å². The van der Waals surface area contributed by atoms with Gasteiger partial charge in [0.15, 0.2) is 0 Å². The number of hydrogen-bond donors (Lipinski definition) is 1. The average molecular weight is 282 g/mol. The number of thiophene rings is 1. The summed E-state index contributed by atoms with van der Waals surface area (Å²) >= 11 is 1.96. The second kappa shape index (κ2) is 5.72. The van der Waals surface area contributed by atoms with Crippen LogP contribution in [0.5, 0.6) is 0 Å². The predicted octanol–water partition coefficient (Wildman–Crippen LogP) is 4.07. The molecule has 1 heterocycles. The molecule has 0 atom stereocenters. The molecule has 0 saturated heterocycles. The zero-order chi connectivity index (χ0) is 14.0. The van der Waals surface area contributed by atoms with Crippen LogP contribution in [0.3, 0.4) is 0 Å². The number of rotatable bonds is 5. The van der Waals surface area contributed by atoms with E-state index in [1.54, 1.807) is 4.50 Å². The van der Waals surface area contributed by atoms with Gasteiger partial charge in [-0.05, 0) is 41.9 Å². The zero-order valence-electron chi connectivity index (χ0n) is 12.6. The first-order valence-corrected chi connectivity index (χ1v) is 10.9. The third kappa shape index (κ3) is 4.71. The molecule has 0 spiro atoms. The van der Waals surface area contributed by atoms with Crippen molar-refractivity contribution in [2.45, 2.75) is 46.8 Å². The molecule has 0 bridgehead atoms. The van der Waals surface area contributed by atoms with Gasteiger partial charge in [0, 0.05) is 4.88 Å².